The zero-order valence-corrected chi connectivity index (χ0v) is 7.68. The van der Waals surface area contributed by atoms with Crippen LogP contribution in [-0.2, 0) is 0 Å². The first kappa shape index (κ1) is 7.44. The third-order valence-electron chi connectivity index (χ3n) is 2.38. The predicted molar refractivity (Wildman–Crippen MR) is 55.5 cm³/mol. The van der Waals surface area contributed by atoms with E-state index in [0.29, 0.717) is 0 Å². The summed E-state index contributed by atoms with van der Waals surface area (Å²) in [7, 11) is 1.87. The van der Waals surface area contributed by atoms with Crippen molar-refractivity contribution in [2.24, 2.45) is 5.10 Å². The lowest BCUT2D eigenvalue weighted by molar-refractivity contribution is 0.930. The number of rotatable bonds is 0. The number of hydrogen-bond acceptors (Lipinski definition) is 4. The lowest BCUT2D eigenvalue weighted by Crippen LogP contribution is -2.15. The van der Waals surface area contributed by atoms with Gasteiger partial charge in [-0.3, -0.25) is 0 Å². The maximum Gasteiger partial charge on any atom is 0.179 e. The lowest BCUT2D eigenvalue weighted by Gasteiger charge is -2.18. The smallest absolute Gasteiger partial charge is 0.179 e. The molecule has 0 unspecified atom stereocenters. The molecule has 4 heteroatoms. The highest BCUT2D eigenvalue weighted by Gasteiger charge is 2.14. The van der Waals surface area contributed by atoms with E-state index < -0.39 is 0 Å². The van der Waals surface area contributed by atoms with Gasteiger partial charge in [0, 0.05) is 23.4 Å². The number of benzene rings is 1. The highest BCUT2D eigenvalue weighted by molar-refractivity contribution is 6.07. The summed E-state index contributed by atoms with van der Waals surface area (Å²) in [4.78, 5) is 0. The van der Waals surface area contributed by atoms with Crippen molar-refractivity contribution in [3.05, 3.63) is 30.0 Å². The molecule has 0 N–H and O–H groups in total. The molecule has 0 atom stereocenters. The van der Waals surface area contributed by atoms with Gasteiger partial charge < -0.3 is 0 Å². The molecule has 1 aromatic carbocycles. The molecule has 3 rings (SSSR count). The van der Waals surface area contributed by atoms with E-state index in [9.17, 15) is 0 Å². The molecule has 68 valence electrons. The van der Waals surface area contributed by atoms with Gasteiger partial charge in [-0.25, -0.2) is 5.01 Å². The Bertz CT molecular complexity index is 527. The first-order chi connectivity index (χ1) is 6.86. The largest absolute Gasteiger partial charge is 0.249 e. The van der Waals surface area contributed by atoms with Crippen LogP contribution in [0.4, 0.5) is 5.82 Å². The van der Waals surface area contributed by atoms with Crippen molar-refractivity contribution in [1.29, 1.82) is 0 Å². The first-order valence-electron chi connectivity index (χ1n) is 4.38. The van der Waals surface area contributed by atoms with Crippen LogP contribution < -0.4 is 5.01 Å². The van der Waals surface area contributed by atoms with Gasteiger partial charge in [0.1, 0.15) is 0 Å². The third-order valence-corrected chi connectivity index (χ3v) is 2.38. The van der Waals surface area contributed by atoms with Crippen LogP contribution in [0.15, 0.2) is 29.5 Å². The predicted octanol–water partition coefficient (Wildman–Crippen LogP) is 1.41. The molecular formula is C10H8N4. The van der Waals surface area contributed by atoms with Crippen molar-refractivity contribution in [3.8, 4) is 0 Å². The van der Waals surface area contributed by atoms with Crippen LogP contribution in [0.5, 0.6) is 0 Å². The second kappa shape index (κ2) is 2.51. The Hall–Kier alpha value is -1.97. The summed E-state index contributed by atoms with van der Waals surface area (Å²) in [6.45, 7) is 0. The van der Waals surface area contributed by atoms with Gasteiger partial charge in [0.15, 0.2) is 5.82 Å². The highest BCUT2D eigenvalue weighted by atomic mass is 15.5. The fourth-order valence-corrected chi connectivity index (χ4v) is 1.69. The first-order valence-corrected chi connectivity index (χ1v) is 4.38. The molecule has 0 bridgehead atoms. The summed E-state index contributed by atoms with van der Waals surface area (Å²) in [6.07, 6.45) is 3.62. The zero-order valence-electron chi connectivity index (χ0n) is 7.68. The minimum atomic E-state index is 0.820. The summed E-state index contributed by atoms with van der Waals surface area (Å²) in [5, 5.41) is 16.2. The van der Waals surface area contributed by atoms with Gasteiger partial charge in [0.05, 0.1) is 12.4 Å². The molecule has 0 saturated heterocycles. The highest BCUT2D eigenvalue weighted by Crippen LogP contribution is 2.28. The summed E-state index contributed by atoms with van der Waals surface area (Å²) in [5.74, 6) is 0.820. The SMILES string of the molecule is CN1N=Cc2cccc3cnnc1c23. The monoisotopic (exact) mass is 184 g/mol. The number of hydrazone groups is 1. The molecule has 0 amide bonds. The quantitative estimate of drug-likeness (QED) is 0.621. The van der Waals surface area contributed by atoms with E-state index in [4.69, 9.17) is 0 Å². The molecule has 0 radical (unpaired) electrons. The van der Waals surface area contributed by atoms with Crippen LogP contribution >= 0.6 is 0 Å². The van der Waals surface area contributed by atoms with Crippen molar-refractivity contribution in [2.75, 3.05) is 12.1 Å². The van der Waals surface area contributed by atoms with Gasteiger partial charge in [0.25, 0.3) is 0 Å². The number of nitrogens with zero attached hydrogens (tertiary/aromatic N) is 4. The van der Waals surface area contributed by atoms with Crippen LogP contribution in [0.1, 0.15) is 5.56 Å². The van der Waals surface area contributed by atoms with Crippen LogP contribution in [0, 0.1) is 0 Å². The average Bonchev–Trinajstić information content (AvgIpc) is 2.24. The van der Waals surface area contributed by atoms with E-state index in [1.807, 2.05) is 31.5 Å². The van der Waals surface area contributed by atoms with Crippen LogP contribution in [-0.4, -0.2) is 23.5 Å². The molecule has 2 aromatic rings. The Kier molecular flexibility index (Phi) is 1.33. The van der Waals surface area contributed by atoms with Crippen molar-refractivity contribution in [1.82, 2.24) is 10.2 Å². The lowest BCUT2D eigenvalue weighted by atomic mass is 10.1. The van der Waals surface area contributed by atoms with Crippen molar-refractivity contribution >= 4 is 22.8 Å². The van der Waals surface area contributed by atoms with E-state index in [0.717, 1.165) is 22.2 Å². The molecule has 14 heavy (non-hydrogen) atoms. The van der Waals surface area contributed by atoms with E-state index >= 15 is 0 Å². The third kappa shape index (κ3) is 0.849. The van der Waals surface area contributed by atoms with Gasteiger partial charge >= 0.3 is 0 Å². The number of hydrogen-bond donors (Lipinski definition) is 0. The molecule has 0 spiro atoms. The van der Waals surface area contributed by atoms with E-state index in [-0.39, 0.29) is 0 Å². The second-order valence-corrected chi connectivity index (χ2v) is 3.25. The average molecular weight is 184 g/mol. The topological polar surface area (TPSA) is 41.4 Å². The Morgan fingerprint density at radius 1 is 1.29 bits per heavy atom. The van der Waals surface area contributed by atoms with E-state index in [1.54, 1.807) is 11.2 Å². The second-order valence-electron chi connectivity index (χ2n) is 3.25. The molecule has 2 heterocycles. The molecule has 4 nitrogen and oxygen atoms in total. The molecule has 0 fully saturated rings. The van der Waals surface area contributed by atoms with Crippen molar-refractivity contribution < 1.29 is 0 Å². The molecule has 1 aliphatic heterocycles. The van der Waals surface area contributed by atoms with Crippen LogP contribution in [0.2, 0.25) is 0 Å². The fraction of sp³-hybridized carbons (Fsp3) is 0.100. The summed E-state index contributed by atoms with van der Waals surface area (Å²) < 4.78 is 0. The Labute approximate surface area is 80.9 Å². The van der Waals surface area contributed by atoms with E-state index in [2.05, 4.69) is 15.3 Å². The number of anilines is 1. The van der Waals surface area contributed by atoms with E-state index in [1.165, 1.54) is 0 Å². The van der Waals surface area contributed by atoms with Gasteiger partial charge in [-0.05, 0) is 0 Å². The Morgan fingerprint density at radius 3 is 3.14 bits per heavy atom. The maximum absolute atomic E-state index is 4.20. The molecular weight excluding hydrogens is 176 g/mol. The Balaban J connectivity index is 2.52. The van der Waals surface area contributed by atoms with Gasteiger partial charge in [-0.1, -0.05) is 18.2 Å². The normalized spacial score (nSPS) is 13.6. The maximum atomic E-state index is 4.20. The van der Waals surface area contributed by atoms with Gasteiger partial charge in [-0.15, -0.1) is 5.10 Å². The van der Waals surface area contributed by atoms with Gasteiger partial charge in [-0.2, -0.15) is 10.2 Å². The van der Waals surface area contributed by atoms with Crippen LogP contribution in [0.3, 0.4) is 0 Å². The van der Waals surface area contributed by atoms with Crippen LogP contribution in [0.25, 0.3) is 10.8 Å². The molecule has 1 aromatic heterocycles. The summed E-state index contributed by atoms with van der Waals surface area (Å²) >= 11 is 0. The van der Waals surface area contributed by atoms with Gasteiger partial charge in [0.2, 0.25) is 0 Å². The van der Waals surface area contributed by atoms with Crippen molar-refractivity contribution in [3.63, 3.8) is 0 Å². The summed E-state index contributed by atoms with van der Waals surface area (Å²) in [5.41, 5.74) is 1.10. The molecule has 1 aliphatic rings. The zero-order chi connectivity index (χ0) is 9.54. The minimum absolute atomic E-state index is 0.820. The Morgan fingerprint density at radius 2 is 2.21 bits per heavy atom. The fourth-order valence-electron chi connectivity index (χ4n) is 1.69. The van der Waals surface area contributed by atoms with Crippen molar-refractivity contribution in [2.45, 2.75) is 0 Å². The summed E-state index contributed by atoms with van der Waals surface area (Å²) in [6, 6.07) is 6.06. The molecule has 0 saturated carbocycles. The molecule has 0 aliphatic carbocycles. The minimum Gasteiger partial charge on any atom is -0.249 e. The number of aromatic nitrogens is 2. The standard InChI is InChI=1S/C10H8N4/c1-14-10-9-7(5-11-13-10)3-2-4-8(9)6-12-14/h2-6H,1H3.